The Hall–Kier alpha value is -1.39. The molecule has 1 N–H and O–H groups in total. The molecule has 0 spiro atoms. The fraction of sp³-hybridized carbons (Fsp3) is 0.611. The summed E-state index contributed by atoms with van der Waals surface area (Å²) in [4.78, 5) is 15.0. The van der Waals surface area contributed by atoms with E-state index >= 15 is 0 Å². The van der Waals surface area contributed by atoms with Crippen LogP contribution in [0.3, 0.4) is 0 Å². The number of amides is 1. The van der Waals surface area contributed by atoms with Gasteiger partial charge in [-0.2, -0.15) is 0 Å². The van der Waals surface area contributed by atoms with Gasteiger partial charge in [-0.3, -0.25) is 4.79 Å². The van der Waals surface area contributed by atoms with Crippen molar-refractivity contribution in [3.05, 3.63) is 35.9 Å². The smallest absolute Gasteiger partial charge is 0.229 e. The number of likely N-dealkylation sites (tertiary alicyclic amines) is 1. The third-order valence-electron chi connectivity index (χ3n) is 6.61. The van der Waals surface area contributed by atoms with Crippen LogP contribution in [-0.4, -0.2) is 33.8 Å². The lowest BCUT2D eigenvalue weighted by Crippen LogP contribution is -2.50. The molecule has 0 radical (unpaired) electrons. The molecule has 4 fully saturated rings. The molecule has 2 aliphatic carbocycles. The number of hydrogen-bond donors (Lipinski definition) is 1. The second kappa shape index (κ2) is 4.12. The van der Waals surface area contributed by atoms with Gasteiger partial charge in [-0.1, -0.05) is 37.3 Å². The Morgan fingerprint density at radius 3 is 2.82 bits per heavy atom. The molecule has 7 atom stereocenters. The number of fused-ring (bicyclic) bond motifs is 2. The first-order chi connectivity index (χ1) is 10.7. The second-order valence-electron chi connectivity index (χ2n) is 7.30. The number of hydrogen-bond acceptors (Lipinski definition) is 3. The van der Waals surface area contributed by atoms with Gasteiger partial charge in [-0.15, -0.1) is 0 Å². The SMILES string of the molecule is CC[C@]12O[C@@H]3[C@H](O)[C@H]4C[C@H]3[C@@H]1[C@H]4C(=O)N2Cc1ccccc1. The van der Waals surface area contributed by atoms with Crippen LogP contribution in [0.2, 0.25) is 0 Å². The van der Waals surface area contributed by atoms with E-state index in [1.165, 1.54) is 0 Å². The molecule has 1 aromatic carbocycles. The van der Waals surface area contributed by atoms with E-state index < -0.39 is 11.8 Å². The first-order valence-electron chi connectivity index (χ1n) is 8.38. The highest BCUT2D eigenvalue weighted by molar-refractivity contribution is 5.84. The summed E-state index contributed by atoms with van der Waals surface area (Å²) in [5, 5.41) is 10.4. The van der Waals surface area contributed by atoms with Crippen LogP contribution in [-0.2, 0) is 16.1 Å². The summed E-state index contributed by atoms with van der Waals surface area (Å²) >= 11 is 0. The van der Waals surface area contributed by atoms with E-state index in [2.05, 4.69) is 19.1 Å². The zero-order valence-electron chi connectivity index (χ0n) is 12.7. The van der Waals surface area contributed by atoms with Crippen molar-refractivity contribution in [2.24, 2.45) is 23.7 Å². The van der Waals surface area contributed by atoms with Gasteiger partial charge < -0.3 is 14.7 Å². The summed E-state index contributed by atoms with van der Waals surface area (Å²) in [6.07, 6.45) is 1.27. The maximum Gasteiger partial charge on any atom is 0.229 e. The zero-order chi connectivity index (χ0) is 15.1. The molecule has 4 heteroatoms. The van der Waals surface area contributed by atoms with Crippen molar-refractivity contribution in [2.45, 2.75) is 44.2 Å². The third kappa shape index (κ3) is 1.30. The monoisotopic (exact) mass is 299 g/mol. The van der Waals surface area contributed by atoms with Crippen molar-refractivity contribution in [1.29, 1.82) is 0 Å². The minimum atomic E-state index is -0.487. The summed E-state index contributed by atoms with van der Waals surface area (Å²) in [6.45, 7) is 2.72. The van der Waals surface area contributed by atoms with Crippen molar-refractivity contribution >= 4 is 5.91 Å². The van der Waals surface area contributed by atoms with Gasteiger partial charge in [-0.25, -0.2) is 0 Å². The average molecular weight is 299 g/mol. The fourth-order valence-corrected chi connectivity index (χ4v) is 5.85. The highest BCUT2D eigenvalue weighted by Gasteiger charge is 2.77. The molecule has 22 heavy (non-hydrogen) atoms. The average Bonchev–Trinajstić information content (AvgIpc) is 3.20. The molecule has 0 aromatic heterocycles. The summed E-state index contributed by atoms with van der Waals surface area (Å²) in [5.41, 5.74) is 0.656. The first-order valence-corrected chi connectivity index (χ1v) is 8.38. The van der Waals surface area contributed by atoms with Crippen LogP contribution in [0, 0.1) is 23.7 Å². The number of rotatable bonds is 3. The van der Waals surface area contributed by atoms with Gasteiger partial charge >= 0.3 is 0 Å². The predicted octanol–water partition coefficient (Wildman–Crippen LogP) is 1.78. The van der Waals surface area contributed by atoms with Crippen molar-refractivity contribution in [2.75, 3.05) is 0 Å². The third-order valence-corrected chi connectivity index (χ3v) is 6.61. The molecule has 1 amide bonds. The summed E-state index contributed by atoms with van der Waals surface area (Å²) in [7, 11) is 0. The van der Waals surface area contributed by atoms with Crippen LogP contribution in [0.1, 0.15) is 25.3 Å². The Morgan fingerprint density at radius 2 is 2.09 bits per heavy atom. The Labute approximate surface area is 130 Å². The molecular weight excluding hydrogens is 278 g/mol. The van der Waals surface area contributed by atoms with E-state index in [0.717, 1.165) is 18.4 Å². The van der Waals surface area contributed by atoms with E-state index in [9.17, 15) is 9.90 Å². The number of aliphatic hydroxyl groups excluding tert-OH is 1. The molecule has 0 unspecified atom stereocenters. The normalized spacial score (nSPS) is 47.7. The van der Waals surface area contributed by atoms with Crippen LogP contribution in [0.15, 0.2) is 30.3 Å². The topological polar surface area (TPSA) is 49.8 Å². The maximum absolute atomic E-state index is 13.1. The van der Waals surface area contributed by atoms with Crippen molar-refractivity contribution in [3.63, 3.8) is 0 Å². The molecule has 2 aliphatic heterocycles. The first kappa shape index (κ1) is 13.1. The molecule has 4 nitrogen and oxygen atoms in total. The van der Waals surface area contributed by atoms with E-state index in [4.69, 9.17) is 4.74 Å². The van der Waals surface area contributed by atoms with Gasteiger partial charge in [0, 0.05) is 12.5 Å². The Bertz CT molecular complexity index is 632. The summed E-state index contributed by atoms with van der Waals surface area (Å²) in [5.74, 6) is 0.936. The van der Waals surface area contributed by atoms with Crippen LogP contribution in [0.25, 0.3) is 0 Å². The van der Waals surface area contributed by atoms with Gasteiger partial charge in [0.2, 0.25) is 5.91 Å². The van der Waals surface area contributed by atoms with Crippen LogP contribution < -0.4 is 0 Å². The molecule has 5 rings (SSSR count). The molecule has 1 aromatic rings. The van der Waals surface area contributed by atoms with E-state index in [1.807, 2.05) is 23.1 Å². The predicted molar refractivity (Wildman–Crippen MR) is 79.5 cm³/mol. The lowest BCUT2D eigenvalue weighted by molar-refractivity contribution is -0.181. The fourth-order valence-electron chi connectivity index (χ4n) is 5.85. The van der Waals surface area contributed by atoms with Gasteiger partial charge in [0.25, 0.3) is 0 Å². The number of aliphatic hydroxyl groups is 1. The van der Waals surface area contributed by atoms with Crippen molar-refractivity contribution < 1.29 is 14.6 Å². The standard InChI is InChI=1S/C18H21NO3/c1-2-18-14-12-8-11(15(20)16(12)22-18)13(14)17(21)19(18)9-10-6-4-3-5-7-10/h3-7,11-16,20H,2,8-9H2,1H3/t11-,12-,13-,14+,15+,16-,18-/m0/s1. The largest absolute Gasteiger partial charge is 0.390 e. The second-order valence-corrected chi connectivity index (χ2v) is 7.30. The molecule has 2 bridgehead atoms. The van der Waals surface area contributed by atoms with Gasteiger partial charge in [0.15, 0.2) is 0 Å². The lowest BCUT2D eigenvalue weighted by atomic mass is 9.76. The van der Waals surface area contributed by atoms with Crippen molar-refractivity contribution in [1.82, 2.24) is 4.90 Å². The van der Waals surface area contributed by atoms with Crippen LogP contribution >= 0.6 is 0 Å². The number of benzene rings is 1. The molecule has 2 heterocycles. The minimum Gasteiger partial charge on any atom is -0.390 e. The maximum atomic E-state index is 13.1. The molecule has 2 saturated carbocycles. The Kier molecular flexibility index (Phi) is 2.45. The lowest BCUT2D eigenvalue weighted by Gasteiger charge is -2.38. The van der Waals surface area contributed by atoms with Gasteiger partial charge in [0.1, 0.15) is 5.72 Å². The van der Waals surface area contributed by atoms with Crippen LogP contribution in [0.4, 0.5) is 0 Å². The quantitative estimate of drug-likeness (QED) is 0.925. The molecule has 4 aliphatic rings. The number of nitrogens with zero attached hydrogens (tertiary/aromatic N) is 1. The van der Waals surface area contributed by atoms with E-state index in [1.54, 1.807) is 0 Å². The molecule has 2 saturated heterocycles. The number of ether oxygens (including phenoxy) is 1. The Balaban J connectivity index is 1.57. The summed E-state index contributed by atoms with van der Waals surface area (Å²) in [6, 6.07) is 10.1. The Morgan fingerprint density at radius 1 is 1.32 bits per heavy atom. The highest BCUT2D eigenvalue weighted by atomic mass is 16.6. The summed E-state index contributed by atoms with van der Waals surface area (Å²) < 4.78 is 6.39. The van der Waals surface area contributed by atoms with Crippen LogP contribution in [0.5, 0.6) is 0 Å². The van der Waals surface area contributed by atoms with E-state index in [0.29, 0.717) is 12.5 Å². The minimum absolute atomic E-state index is 0.0255. The highest BCUT2D eigenvalue weighted by Crippen LogP contribution is 2.68. The number of carbonyl (C=O) groups is 1. The van der Waals surface area contributed by atoms with Gasteiger partial charge in [-0.05, 0) is 30.2 Å². The zero-order valence-corrected chi connectivity index (χ0v) is 12.7. The van der Waals surface area contributed by atoms with E-state index in [-0.39, 0.29) is 29.8 Å². The number of carbonyl (C=O) groups excluding carboxylic acids is 1. The molecular formula is C18H21NO3. The molecule has 116 valence electrons. The van der Waals surface area contributed by atoms with Crippen molar-refractivity contribution in [3.8, 4) is 0 Å². The van der Waals surface area contributed by atoms with Gasteiger partial charge in [0.05, 0.1) is 18.1 Å².